The third-order valence-electron chi connectivity index (χ3n) is 3.90. The average Bonchev–Trinajstić information content (AvgIpc) is 3.09. The molecule has 0 radical (unpaired) electrons. The molecule has 0 aliphatic carbocycles. The molecular weight excluding hydrogens is 328 g/mol. The molecule has 1 aromatic carbocycles. The van der Waals surface area contributed by atoms with Crippen molar-refractivity contribution in [2.45, 2.75) is 53.6 Å². The third-order valence-corrected chi connectivity index (χ3v) is 3.90. The van der Waals surface area contributed by atoms with Gasteiger partial charge in [-0.25, -0.2) is 4.99 Å². The van der Waals surface area contributed by atoms with Crippen molar-refractivity contribution < 1.29 is 9.26 Å². The van der Waals surface area contributed by atoms with E-state index in [1.54, 1.807) is 0 Å². The number of aryl methyl sites for hydroxylation is 1. The molecule has 0 atom stereocenters. The number of guanidine groups is 1. The number of hydrogen-bond donors (Lipinski definition) is 2. The van der Waals surface area contributed by atoms with Crippen molar-refractivity contribution >= 4 is 5.96 Å². The minimum atomic E-state index is 0.359. The second-order valence-electron chi connectivity index (χ2n) is 6.45. The maximum absolute atomic E-state index is 5.59. The fourth-order valence-electron chi connectivity index (χ4n) is 2.49. The molecule has 2 N–H and O–H groups in total. The summed E-state index contributed by atoms with van der Waals surface area (Å²) in [5.41, 5.74) is 3.24. The SMILES string of the molecule is CCNC(=NCc1ccc(OCC)c(C)c1)NCc1cc(C(C)C)no1. The van der Waals surface area contributed by atoms with Crippen LogP contribution in [0.5, 0.6) is 5.75 Å². The van der Waals surface area contributed by atoms with Gasteiger partial charge in [-0.2, -0.15) is 0 Å². The number of nitrogens with zero attached hydrogens (tertiary/aromatic N) is 2. The Labute approximate surface area is 156 Å². The number of aromatic nitrogens is 1. The molecule has 1 heterocycles. The van der Waals surface area contributed by atoms with E-state index < -0.39 is 0 Å². The fourth-order valence-corrected chi connectivity index (χ4v) is 2.49. The predicted molar refractivity (Wildman–Crippen MR) is 105 cm³/mol. The Kier molecular flexibility index (Phi) is 7.51. The van der Waals surface area contributed by atoms with Gasteiger partial charge in [0.15, 0.2) is 11.7 Å². The number of hydrogen-bond acceptors (Lipinski definition) is 4. The molecule has 6 nitrogen and oxygen atoms in total. The van der Waals surface area contributed by atoms with Crippen LogP contribution in [-0.4, -0.2) is 24.3 Å². The molecule has 0 aliphatic rings. The topological polar surface area (TPSA) is 71.7 Å². The van der Waals surface area contributed by atoms with E-state index in [9.17, 15) is 0 Å². The van der Waals surface area contributed by atoms with E-state index in [0.717, 1.165) is 40.8 Å². The van der Waals surface area contributed by atoms with Crippen LogP contribution in [0.1, 0.15) is 56.2 Å². The molecule has 2 rings (SSSR count). The Morgan fingerprint density at radius 2 is 2.04 bits per heavy atom. The zero-order chi connectivity index (χ0) is 18.9. The maximum atomic E-state index is 5.59. The van der Waals surface area contributed by atoms with Crippen LogP contribution in [0.2, 0.25) is 0 Å². The van der Waals surface area contributed by atoms with E-state index in [2.05, 4.69) is 53.7 Å². The number of rotatable bonds is 8. The summed E-state index contributed by atoms with van der Waals surface area (Å²) in [6, 6.07) is 8.16. The first-order chi connectivity index (χ1) is 12.5. The van der Waals surface area contributed by atoms with Crippen LogP contribution < -0.4 is 15.4 Å². The molecular formula is C20H30N4O2. The summed E-state index contributed by atoms with van der Waals surface area (Å²) < 4.78 is 10.9. The maximum Gasteiger partial charge on any atom is 0.191 e. The summed E-state index contributed by atoms with van der Waals surface area (Å²) in [6.07, 6.45) is 0. The lowest BCUT2D eigenvalue weighted by Gasteiger charge is -2.11. The van der Waals surface area contributed by atoms with Gasteiger partial charge in [0.25, 0.3) is 0 Å². The average molecular weight is 358 g/mol. The summed E-state index contributed by atoms with van der Waals surface area (Å²) in [5, 5.41) is 10.6. The van der Waals surface area contributed by atoms with Crippen molar-refractivity contribution in [3.05, 3.63) is 46.8 Å². The lowest BCUT2D eigenvalue weighted by molar-refractivity contribution is 0.338. The first kappa shape index (κ1) is 19.8. The number of nitrogens with one attached hydrogen (secondary N) is 2. The molecule has 0 spiro atoms. The highest BCUT2D eigenvalue weighted by atomic mass is 16.5. The van der Waals surface area contributed by atoms with E-state index >= 15 is 0 Å². The minimum Gasteiger partial charge on any atom is -0.494 e. The van der Waals surface area contributed by atoms with Crippen LogP contribution in [0, 0.1) is 6.92 Å². The fraction of sp³-hybridized carbons (Fsp3) is 0.500. The summed E-state index contributed by atoms with van der Waals surface area (Å²) in [5.74, 6) is 2.84. The van der Waals surface area contributed by atoms with Gasteiger partial charge in [-0.1, -0.05) is 31.1 Å². The van der Waals surface area contributed by atoms with Gasteiger partial charge in [0, 0.05) is 12.6 Å². The van der Waals surface area contributed by atoms with Crippen LogP contribution in [-0.2, 0) is 13.1 Å². The third kappa shape index (κ3) is 5.79. The Morgan fingerprint density at radius 3 is 2.65 bits per heavy atom. The van der Waals surface area contributed by atoms with Crippen molar-refractivity contribution in [1.82, 2.24) is 15.8 Å². The number of aliphatic imine (C=N–C) groups is 1. The Balaban J connectivity index is 1.98. The molecule has 26 heavy (non-hydrogen) atoms. The summed E-state index contributed by atoms with van der Waals surface area (Å²) in [6.45, 7) is 12.9. The van der Waals surface area contributed by atoms with E-state index in [1.165, 1.54) is 0 Å². The van der Waals surface area contributed by atoms with Crippen molar-refractivity contribution in [1.29, 1.82) is 0 Å². The number of ether oxygens (including phenoxy) is 1. The Bertz CT molecular complexity index is 722. The van der Waals surface area contributed by atoms with Gasteiger partial charge in [-0.3, -0.25) is 0 Å². The van der Waals surface area contributed by atoms with E-state index in [4.69, 9.17) is 9.26 Å². The smallest absolute Gasteiger partial charge is 0.191 e. The van der Waals surface area contributed by atoms with Crippen molar-refractivity contribution in [3.63, 3.8) is 0 Å². The molecule has 0 saturated heterocycles. The standard InChI is InChI=1S/C20H30N4O2/c1-6-21-20(23-13-17-11-18(14(3)4)24-26-17)22-12-16-8-9-19(25-7-2)15(5)10-16/h8-11,14H,6-7,12-13H2,1-5H3,(H2,21,22,23). The van der Waals surface area contributed by atoms with Gasteiger partial charge >= 0.3 is 0 Å². The van der Waals surface area contributed by atoms with Crippen molar-refractivity contribution in [2.75, 3.05) is 13.2 Å². The van der Waals surface area contributed by atoms with Crippen LogP contribution in [0.25, 0.3) is 0 Å². The molecule has 0 unspecified atom stereocenters. The highest BCUT2D eigenvalue weighted by Crippen LogP contribution is 2.19. The largest absolute Gasteiger partial charge is 0.494 e. The van der Waals surface area contributed by atoms with E-state index in [0.29, 0.717) is 25.6 Å². The van der Waals surface area contributed by atoms with E-state index in [1.807, 2.05) is 26.0 Å². The van der Waals surface area contributed by atoms with Gasteiger partial charge in [0.2, 0.25) is 0 Å². The quantitative estimate of drug-likeness (QED) is 0.555. The monoisotopic (exact) mass is 358 g/mol. The molecule has 0 fully saturated rings. The lowest BCUT2D eigenvalue weighted by Crippen LogP contribution is -2.36. The Hall–Kier alpha value is -2.50. The summed E-state index contributed by atoms with van der Waals surface area (Å²) >= 11 is 0. The molecule has 2 aromatic rings. The zero-order valence-corrected chi connectivity index (χ0v) is 16.4. The molecule has 0 bridgehead atoms. The highest BCUT2D eigenvalue weighted by molar-refractivity contribution is 5.79. The second kappa shape index (κ2) is 9.85. The first-order valence-corrected chi connectivity index (χ1v) is 9.23. The van der Waals surface area contributed by atoms with Crippen molar-refractivity contribution in [3.8, 4) is 5.75 Å². The van der Waals surface area contributed by atoms with Gasteiger partial charge in [0.1, 0.15) is 5.75 Å². The zero-order valence-electron chi connectivity index (χ0n) is 16.4. The highest BCUT2D eigenvalue weighted by Gasteiger charge is 2.08. The molecule has 0 saturated carbocycles. The van der Waals surface area contributed by atoms with Crippen LogP contribution in [0.4, 0.5) is 0 Å². The molecule has 142 valence electrons. The van der Waals surface area contributed by atoms with Crippen LogP contribution >= 0.6 is 0 Å². The molecule has 6 heteroatoms. The normalized spacial score (nSPS) is 11.7. The first-order valence-electron chi connectivity index (χ1n) is 9.23. The predicted octanol–water partition coefficient (Wildman–Crippen LogP) is 3.76. The van der Waals surface area contributed by atoms with Gasteiger partial charge in [-0.05, 0) is 43.9 Å². The lowest BCUT2D eigenvalue weighted by atomic mass is 10.1. The minimum absolute atomic E-state index is 0.359. The molecule has 0 amide bonds. The van der Waals surface area contributed by atoms with Crippen LogP contribution in [0.15, 0.2) is 33.8 Å². The second-order valence-corrected chi connectivity index (χ2v) is 6.45. The van der Waals surface area contributed by atoms with Gasteiger partial charge in [-0.15, -0.1) is 0 Å². The molecule has 1 aromatic heterocycles. The van der Waals surface area contributed by atoms with E-state index in [-0.39, 0.29) is 0 Å². The molecule has 0 aliphatic heterocycles. The number of benzene rings is 1. The van der Waals surface area contributed by atoms with Gasteiger partial charge in [0.05, 0.1) is 25.4 Å². The van der Waals surface area contributed by atoms with Crippen LogP contribution in [0.3, 0.4) is 0 Å². The Morgan fingerprint density at radius 1 is 1.23 bits per heavy atom. The summed E-state index contributed by atoms with van der Waals surface area (Å²) in [4.78, 5) is 4.65. The summed E-state index contributed by atoms with van der Waals surface area (Å²) in [7, 11) is 0. The van der Waals surface area contributed by atoms with Crippen molar-refractivity contribution in [2.24, 2.45) is 4.99 Å². The van der Waals surface area contributed by atoms with Gasteiger partial charge < -0.3 is 19.9 Å².